The van der Waals surface area contributed by atoms with Crippen molar-refractivity contribution in [1.82, 2.24) is 24.9 Å². The third-order valence-corrected chi connectivity index (χ3v) is 4.83. The number of hydrogen-bond acceptors (Lipinski definition) is 4. The summed E-state index contributed by atoms with van der Waals surface area (Å²) in [6.07, 6.45) is 2.70. The number of carbonyl (C=O) groups is 2. The van der Waals surface area contributed by atoms with Crippen molar-refractivity contribution in [2.45, 2.75) is 13.2 Å². The van der Waals surface area contributed by atoms with Gasteiger partial charge in [-0.25, -0.2) is 9.78 Å². The fourth-order valence-corrected chi connectivity index (χ4v) is 3.36. The van der Waals surface area contributed by atoms with Gasteiger partial charge in [0, 0.05) is 26.5 Å². The van der Waals surface area contributed by atoms with Gasteiger partial charge in [0.25, 0.3) is 0 Å². The molecule has 1 aromatic carbocycles. The molecule has 30 heavy (non-hydrogen) atoms. The largest absolute Gasteiger partial charge is 0.462 e. The lowest BCUT2D eigenvalue weighted by atomic mass is 10.2. The third-order valence-electron chi connectivity index (χ3n) is 4.17. The van der Waals surface area contributed by atoms with Gasteiger partial charge >= 0.3 is 6.03 Å². The summed E-state index contributed by atoms with van der Waals surface area (Å²) in [5, 5.41) is 5.89. The predicted molar refractivity (Wildman–Crippen MR) is 115 cm³/mol. The number of ether oxygens (including phenoxy) is 1. The van der Waals surface area contributed by atoms with Crippen LogP contribution in [0.5, 0.6) is 5.75 Å². The molecule has 0 aliphatic rings. The zero-order valence-corrected chi connectivity index (χ0v) is 18.2. The van der Waals surface area contributed by atoms with Crippen LogP contribution in [0.15, 0.2) is 42.7 Å². The Morgan fingerprint density at radius 1 is 1.20 bits per heavy atom. The minimum atomic E-state index is -1.00. The lowest BCUT2D eigenvalue weighted by Crippen LogP contribution is -2.43. The van der Waals surface area contributed by atoms with E-state index in [2.05, 4.69) is 15.6 Å². The lowest BCUT2D eigenvalue weighted by molar-refractivity contribution is -0.122. The summed E-state index contributed by atoms with van der Waals surface area (Å²) < 4.78 is 7.92. The second kappa shape index (κ2) is 9.23. The van der Waals surface area contributed by atoms with Gasteiger partial charge in [0.15, 0.2) is 11.4 Å². The summed E-state index contributed by atoms with van der Waals surface area (Å²) in [4.78, 5) is 30.0. The number of halogens is 2. The Kier molecular flexibility index (Phi) is 6.69. The van der Waals surface area contributed by atoms with E-state index in [1.807, 2.05) is 23.7 Å². The molecule has 10 heteroatoms. The monoisotopic (exact) mass is 449 g/mol. The number of aromatic nitrogens is 2. The normalized spacial score (nSPS) is 11.8. The molecular weight excluding hydrogens is 429 g/mol. The standard InChI is InChI=1S/C20H21Cl2N5O3/c1-12-11-27-9-5-8-15(18(27)24-12)30-19(17-13(21)6-4-7-14(17)22)25-16(28)10-23-20(29)26(2)3/h4-9,11,19H,10H2,1-3H3,(H,23,29)(H,25,28). The van der Waals surface area contributed by atoms with Crippen LogP contribution in [0.1, 0.15) is 17.5 Å². The van der Waals surface area contributed by atoms with Crippen molar-refractivity contribution >= 4 is 40.8 Å². The number of urea groups is 1. The number of rotatable bonds is 6. The SMILES string of the molecule is Cc1cn2cccc(OC(NC(=O)CNC(=O)N(C)C)c3c(Cl)cccc3Cl)c2n1. The summed E-state index contributed by atoms with van der Waals surface area (Å²) in [6.45, 7) is 1.63. The molecule has 3 aromatic rings. The van der Waals surface area contributed by atoms with Gasteiger partial charge in [0.1, 0.15) is 0 Å². The molecule has 0 fully saturated rings. The van der Waals surface area contributed by atoms with E-state index < -0.39 is 18.2 Å². The van der Waals surface area contributed by atoms with Crippen molar-refractivity contribution in [3.63, 3.8) is 0 Å². The topological polar surface area (TPSA) is 88.0 Å². The number of nitrogens with zero attached hydrogens (tertiary/aromatic N) is 3. The van der Waals surface area contributed by atoms with Gasteiger partial charge in [0.05, 0.1) is 27.8 Å². The summed E-state index contributed by atoms with van der Waals surface area (Å²) in [6, 6.07) is 8.14. The van der Waals surface area contributed by atoms with Crippen LogP contribution in [-0.4, -0.2) is 46.9 Å². The van der Waals surface area contributed by atoms with E-state index in [9.17, 15) is 9.59 Å². The molecule has 0 saturated heterocycles. The van der Waals surface area contributed by atoms with Gasteiger partial charge in [0.2, 0.25) is 12.1 Å². The lowest BCUT2D eigenvalue weighted by Gasteiger charge is -2.23. The Balaban J connectivity index is 1.90. The van der Waals surface area contributed by atoms with Crippen molar-refractivity contribution < 1.29 is 14.3 Å². The van der Waals surface area contributed by atoms with Gasteiger partial charge < -0.3 is 24.7 Å². The zero-order chi connectivity index (χ0) is 21.8. The van der Waals surface area contributed by atoms with Crippen molar-refractivity contribution in [3.8, 4) is 5.75 Å². The molecule has 2 aromatic heterocycles. The number of aryl methyl sites for hydroxylation is 1. The highest BCUT2D eigenvalue weighted by Crippen LogP contribution is 2.33. The molecule has 2 N–H and O–H groups in total. The predicted octanol–water partition coefficient (Wildman–Crippen LogP) is 3.41. The Hall–Kier alpha value is -2.97. The first-order valence-corrected chi connectivity index (χ1v) is 9.81. The summed E-state index contributed by atoms with van der Waals surface area (Å²) in [5.41, 5.74) is 1.80. The van der Waals surface area contributed by atoms with Crippen molar-refractivity contribution in [1.29, 1.82) is 0 Å². The molecule has 3 rings (SSSR count). The number of benzene rings is 1. The summed E-state index contributed by atoms with van der Waals surface area (Å²) in [5.74, 6) is -0.0399. The minimum absolute atomic E-state index is 0.244. The molecule has 0 saturated carbocycles. The van der Waals surface area contributed by atoms with Crippen molar-refractivity contribution in [2.75, 3.05) is 20.6 Å². The van der Waals surface area contributed by atoms with Crippen molar-refractivity contribution in [3.05, 3.63) is 64.0 Å². The Morgan fingerprint density at radius 2 is 1.90 bits per heavy atom. The molecule has 2 heterocycles. The second-order valence-corrected chi connectivity index (χ2v) is 7.55. The number of pyridine rings is 1. The maximum Gasteiger partial charge on any atom is 0.317 e. The highest BCUT2D eigenvalue weighted by molar-refractivity contribution is 6.36. The average molecular weight is 450 g/mol. The number of hydrogen-bond donors (Lipinski definition) is 2. The highest BCUT2D eigenvalue weighted by Gasteiger charge is 2.24. The molecule has 8 nitrogen and oxygen atoms in total. The average Bonchev–Trinajstić information content (AvgIpc) is 3.07. The number of imidazole rings is 1. The molecule has 0 aliphatic carbocycles. The van der Waals surface area contributed by atoms with Crippen LogP contribution in [0.25, 0.3) is 5.65 Å². The van der Waals surface area contributed by atoms with Crippen LogP contribution in [0.4, 0.5) is 4.79 Å². The molecule has 3 amide bonds. The molecule has 0 spiro atoms. The zero-order valence-electron chi connectivity index (χ0n) is 16.6. The minimum Gasteiger partial charge on any atom is -0.462 e. The van der Waals surface area contributed by atoms with Gasteiger partial charge in [-0.3, -0.25) is 4.79 Å². The van der Waals surface area contributed by atoms with Crippen LogP contribution in [0, 0.1) is 6.92 Å². The fraction of sp³-hybridized carbons (Fsp3) is 0.250. The number of nitrogens with one attached hydrogen (secondary N) is 2. The van der Waals surface area contributed by atoms with E-state index in [1.54, 1.807) is 44.4 Å². The van der Waals surface area contributed by atoms with Crippen LogP contribution in [0.3, 0.4) is 0 Å². The van der Waals surface area contributed by atoms with E-state index in [1.165, 1.54) is 4.90 Å². The number of amides is 3. The third kappa shape index (κ3) is 4.95. The maximum absolute atomic E-state index is 12.5. The summed E-state index contributed by atoms with van der Waals surface area (Å²) in [7, 11) is 3.16. The Morgan fingerprint density at radius 3 is 2.57 bits per heavy atom. The fourth-order valence-electron chi connectivity index (χ4n) is 2.76. The van der Waals surface area contributed by atoms with Crippen LogP contribution >= 0.6 is 23.2 Å². The van der Waals surface area contributed by atoms with E-state index in [0.29, 0.717) is 27.0 Å². The summed E-state index contributed by atoms with van der Waals surface area (Å²) >= 11 is 12.7. The first kappa shape index (κ1) is 21.7. The van der Waals surface area contributed by atoms with Crippen molar-refractivity contribution in [2.24, 2.45) is 0 Å². The molecule has 1 atom stereocenters. The Bertz CT molecular complexity index is 1060. The van der Waals surface area contributed by atoms with Crippen LogP contribution < -0.4 is 15.4 Å². The first-order valence-electron chi connectivity index (χ1n) is 9.05. The maximum atomic E-state index is 12.5. The van der Waals surface area contributed by atoms with E-state index >= 15 is 0 Å². The van der Waals surface area contributed by atoms with E-state index in [-0.39, 0.29) is 6.54 Å². The number of carbonyl (C=O) groups excluding carboxylic acids is 2. The van der Waals surface area contributed by atoms with Crippen LogP contribution in [-0.2, 0) is 4.79 Å². The Labute approximate surface area is 183 Å². The number of fused-ring (bicyclic) bond motifs is 1. The highest BCUT2D eigenvalue weighted by atomic mass is 35.5. The van der Waals surface area contributed by atoms with Gasteiger partial charge in [-0.2, -0.15) is 0 Å². The smallest absolute Gasteiger partial charge is 0.317 e. The van der Waals surface area contributed by atoms with Crippen LogP contribution in [0.2, 0.25) is 10.0 Å². The van der Waals surface area contributed by atoms with E-state index in [0.717, 1.165) is 5.69 Å². The van der Waals surface area contributed by atoms with Gasteiger partial charge in [-0.15, -0.1) is 0 Å². The first-order chi connectivity index (χ1) is 14.3. The molecule has 158 valence electrons. The molecular formula is C20H21Cl2N5O3. The second-order valence-electron chi connectivity index (χ2n) is 6.74. The molecule has 0 bridgehead atoms. The van der Waals surface area contributed by atoms with E-state index in [4.69, 9.17) is 27.9 Å². The molecule has 0 aliphatic heterocycles. The van der Waals surface area contributed by atoms with Gasteiger partial charge in [-0.05, 0) is 31.2 Å². The van der Waals surface area contributed by atoms with Gasteiger partial charge in [-0.1, -0.05) is 29.3 Å². The molecule has 0 radical (unpaired) electrons. The quantitative estimate of drug-likeness (QED) is 0.564. The molecule has 1 unspecified atom stereocenters.